The van der Waals surface area contributed by atoms with E-state index in [1.54, 1.807) is 30.3 Å². The van der Waals surface area contributed by atoms with Gasteiger partial charge in [-0.05, 0) is 12.1 Å². The van der Waals surface area contributed by atoms with Gasteiger partial charge in [-0.1, -0.05) is 18.2 Å². The molecule has 1 saturated heterocycles. The molecule has 1 aliphatic heterocycles. The highest BCUT2D eigenvalue weighted by atomic mass is 16.8. The minimum absolute atomic E-state index is 0.409. The molecule has 8 heteroatoms. The lowest BCUT2D eigenvalue weighted by Gasteiger charge is -2.40. The van der Waals surface area contributed by atoms with E-state index in [0.717, 1.165) is 5.06 Å². The van der Waals surface area contributed by atoms with Crippen LogP contribution in [0.3, 0.4) is 0 Å². The molecule has 0 saturated carbocycles. The highest BCUT2D eigenvalue weighted by Crippen LogP contribution is 2.25. The number of carbonyl (C=O) groups excluding carboxylic acids is 1. The van der Waals surface area contributed by atoms with Gasteiger partial charge in [-0.2, -0.15) is 5.06 Å². The van der Waals surface area contributed by atoms with Crippen LogP contribution < -0.4 is 5.06 Å². The number of ether oxygens (including phenoxy) is 1. The lowest BCUT2D eigenvalue weighted by Crippen LogP contribution is -2.60. The van der Waals surface area contributed by atoms with Crippen molar-refractivity contribution in [3.8, 4) is 0 Å². The van der Waals surface area contributed by atoms with Gasteiger partial charge in [0.1, 0.15) is 24.4 Å². The standard InChI is InChI=1S/C14H19NO7/c1-8(17)15(9-5-3-2-4-6-9)22-14-13(20)12(19)11(18)10(7-16)21-14/h2-6,10-14,16,18-20H,7H2,1H3/t10-,11-,12+,13-,14+/m1/s1. The number of rotatable bonds is 4. The molecule has 0 bridgehead atoms. The highest BCUT2D eigenvalue weighted by molar-refractivity contribution is 5.89. The summed E-state index contributed by atoms with van der Waals surface area (Å²) in [5.74, 6) is -0.469. The van der Waals surface area contributed by atoms with Crippen molar-refractivity contribution >= 4 is 11.6 Å². The van der Waals surface area contributed by atoms with Crippen LogP contribution in [0.25, 0.3) is 0 Å². The molecule has 1 amide bonds. The maximum atomic E-state index is 11.7. The molecule has 1 aliphatic rings. The van der Waals surface area contributed by atoms with E-state index in [1.807, 2.05) is 0 Å². The number of benzene rings is 1. The van der Waals surface area contributed by atoms with E-state index in [2.05, 4.69) is 0 Å². The zero-order valence-electron chi connectivity index (χ0n) is 11.9. The van der Waals surface area contributed by atoms with Crippen LogP contribution >= 0.6 is 0 Å². The molecule has 1 heterocycles. The van der Waals surface area contributed by atoms with E-state index in [9.17, 15) is 20.1 Å². The van der Waals surface area contributed by atoms with Gasteiger partial charge in [0.05, 0.1) is 12.3 Å². The van der Waals surface area contributed by atoms with Crippen molar-refractivity contribution in [3.63, 3.8) is 0 Å². The number of amides is 1. The molecular formula is C14H19NO7. The van der Waals surface area contributed by atoms with Crippen molar-refractivity contribution < 1.29 is 34.8 Å². The number of nitrogens with zero attached hydrogens (tertiary/aromatic N) is 1. The van der Waals surface area contributed by atoms with Gasteiger partial charge in [-0.15, -0.1) is 0 Å². The molecule has 5 atom stereocenters. The van der Waals surface area contributed by atoms with Crippen molar-refractivity contribution in [2.45, 2.75) is 37.6 Å². The SMILES string of the molecule is CC(=O)N(O[C@@H]1O[C@H](CO)[C@@H](O)[C@H](O)[C@H]1O)c1ccccc1. The zero-order chi connectivity index (χ0) is 16.3. The number of hydrogen-bond acceptors (Lipinski definition) is 7. The Morgan fingerprint density at radius 1 is 1.18 bits per heavy atom. The average Bonchev–Trinajstić information content (AvgIpc) is 2.52. The lowest BCUT2D eigenvalue weighted by molar-refractivity contribution is -0.302. The molecule has 0 radical (unpaired) electrons. The van der Waals surface area contributed by atoms with E-state index in [0.29, 0.717) is 5.69 Å². The van der Waals surface area contributed by atoms with Crippen molar-refractivity contribution in [2.24, 2.45) is 0 Å². The van der Waals surface area contributed by atoms with Crippen LogP contribution in [-0.4, -0.2) is 63.6 Å². The summed E-state index contributed by atoms with van der Waals surface area (Å²) in [5.41, 5.74) is 0.409. The average molecular weight is 313 g/mol. The van der Waals surface area contributed by atoms with Gasteiger partial charge in [0, 0.05) is 6.92 Å². The Morgan fingerprint density at radius 3 is 2.36 bits per heavy atom. The minimum Gasteiger partial charge on any atom is -0.394 e. The predicted octanol–water partition coefficient (Wildman–Crippen LogP) is -1.23. The first kappa shape index (κ1) is 16.8. The van der Waals surface area contributed by atoms with E-state index in [-0.39, 0.29) is 0 Å². The summed E-state index contributed by atoms with van der Waals surface area (Å²) in [6.45, 7) is 0.688. The summed E-state index contributed by atoms with van der Waals surface area (Å²) in [6.07, 6.45) is -7.15. The number of hydroxylamine groups is 1. The number of anilines is 1. The topological polar surface area (TPSA) is 120 Å². The van der Waals surface area contributed by atoms with Crippen LogP contribution in [0, 0.1) is 0 Å². The van der Waals surface area contributed by atoms with Crippen LogP contribution in [-0.2, 0) is 14.4 Å². The van der Waals surface area contributed by atoms with Gasteiger partial charge in [0.25, 0.3) is 0 Å². The van der Waals surface area contributed by atoms with Gasteiger partial charge in [-0.3, -0.25) is 4.79 Å². The van der Waals surface area contributed by atoms with Crippen LogP contribution in [0.2, 0.25) is 0 Å². The Labute approximate surface area is 127 Å². The summed E-state index contributed by atoms with van der Waals surface area (Å²) in [4.78, 5) is 17.1. The molecule has 22 heavy (non-hydrogen) atoms. The molecule has 4 N–H and O–H groups in total. The van der Waals surface area contributed by atoms with Crippen molar-refractivity contribution in [1.82, 2.24) is 0 Å². The summed E-state index contributed by atoms with van der Waals surface area (Å²) in [7, 11) is 0. The van der Waals surface area contributed by atoms with Crippen LogP contribution in [0.15, 0.2) is 30.3 Å². The van der Waals surface area contributed by atoms with Crippen molar-refractivity contribution in [2.75, 3.05) is 11.7 Å². The molecule has 0 spiro atoms. The second-order valence-corrected chi connectivity index (χ2v) is 4.95. The van der Waals surface area contributed by atoms with Crippen LogP contribution in [0.4, 0.5) is 5.69 Å². The fourth-order valence-electron chi connectivity index (χ4n) is 2.14. The summed E-state index contributed by atoms with van der Waals surface area (Å²) in [5, 5.41) is 39.4. The lowest BCUT2D eigenvalue weighted by atomic mass is 9.99. The molecule has 1 fully saturated rings. The molecule has 1 aromatic carbocycles. The first-order chi connectivity index (χ1) is 10.5. The summed E-state index contributed by atoms with van der Waals surface area (Å²) >= 11 is 0. The molecular weight excluding hydrogens is 294 g/mol. The minimum atomic E-state index is -1.58. The number of aliphatic hydroxyl groups excluding tert-OH is 4. The highest BCUT2D eigenvalue weighted by Gasteiger charge is 2.45. The smallest absolute Gasteiger partial charge is 0.247 e. The largest absolute Gasteiger partial charge is 0.394 e. The predicted molar refractivity (Wildman–Crippen MR) is 74.5 cm³/mol. The van der Waals surface area contributed by atoms with Crippen LogP contribution in [0.5, 0.6) is 0 Å². The number of hydrogen-bond donors (Lipinski definition) is 4. The Hall–Kier alpha value is -1.55. The van der Waals surface area contributed by atoms with Crippen molar-refractivity contribution in [3.05, 3.63) is 30.3 Å². The molecule has 8 nitrogen and oxygen atoms in total. The zero-order valence-corrected chi connectivity index (χ0v) is 11.9. The van der Waals surface area contributed by atoms with Gasteiger partial charge in [-0.25, -0.2) is 4.84 Å². The van der Waals surface area contributed by atoms with Gasteiger partial charge in [0.15, 0.2) is 0 Å². The molecule has 0 aromatic heterocycles. The normalized spacial score (nSPS) is 31.8. The third kappa shape index (κ3) is 3.43. The molecule has 1 aromatic rings. The van der Waals surface area contributed by atoms with E-state index in [1.165, 1.54) is 6.92 Å². The second-order valence-electron chi connectivity index (χ2n) is 4.95. The first-order valence-corrected chi connectivity index (χ1v) is 6.78. The molecule has 122 valence electrons. The van der Waals surface area contributed by atoms with Crippen LogP contribution in [0.1, 0.15) is 6.92 Å². The summed E-state index contributed by atoms with van der Waals surface area (Å²) < 4.78 is 5.21. The Balaban J connectivity index is 2.17. The maximum Gasteiger partial charge on any atom is 0.247 e. The quantitative estimate of drug-likeness (QED) is 0.514. The Bertz CT molecular complexity index is 495. The van der Waals surface area contributed by atoms with E-state index in [4.69, 9.17) is 14.7 Å². The molecule has 0 unspecified atom stereocenters. The Morgan fingerprint density at radius 2 is 1.82 bits per heavy atom. The monoisotopic (exact) mass is 313 g/mol. The molecule has 2 rings (SSSR count). The van der Waals surface area contributed by atoms with E-state index >= 15 is 0 Å². The van der Waals surface area contributed by atoms with Gasteiger partial charge in [0.2, 0.25) is 12.2 Å². The third-order valence-corrected chi connectivity index (χ3v) is 3.33. The van der Waals surface area contributed by atoms with Gasteiger partial charge >= 0.3 is 0 Å². The fraction of sp³-hybridized carbons (Fsp3) is 0.500. The van der Waals surface area contributed by atoms with Gasteiger partial charge < -0.3 is 25.2 Å². The van der Waals surface area contributed by atoms with Crippen molar-refractivity contribution in [1.29, 1.82) is 0 Å². The molecule has 0 aliphatic carbocycles. The fourth-order valence-corrected chi connectivity index (χ4v) is 2.14. The second kappa shape index (κ2) is 7.14. The number of aliphatic hydroxyl groups is 4. The van der Waals surface area contributed by atoms with E-state index < -0.39 is 43.2 Å². The maximum absolute atomic E-state index is 11.7. The summed E-state index contributed by atoms with van der Waals surface area (Å²) in [6, 6.07) is 8.39. The number of carbonyl (C=O) groups is 1. The first-order valence-electron chi connectivity index (χ1n) is 6.78. The Kier molecular flexibility index (Phi) is 5.46. The number of para-hydroxylation sites is 1. The third-order valence-electron chi connectivity index (χ3n) is 3.33.